The van der Waals surface area contributed by atoms with Crippen LogP contribution in [0.2, 0.25) is 0 Å². The normalized spacial score (nSPS) is 21.0. The van der Waals surface area contributed by atoms with Crippen LogP contribution in [0.4, 0.5) is 0 Å². The Labute approximate surface area is 97.8 Å². The molecule has 16 heavy (non-hydrogen) atoms. The van der Waals surface area contributed by atoms with Crippen LogP contribution in [0.5, 0.6) is 5.75 Å². The van der Waals surface area contributed by atoms with Gasteiger partial charge in [0.15, 0.2) is 0 Å². The van der Waals surface area contributed by atoms with Crippen molar-refractivity contribution in [2.75, 3.05) is 6.61 Å². The lowest BCUT2D eigenvalue weighted by Crippen LogP contribution is -2.25. The maximum Gasteiger partial charge on any atom is 0.122 e. The molecule has 1 aromatic rings. The Morgan fingerprint density at radius 2 is 2.25 bits per heavy atom. The van der Waals surface area contributed by atoms with Gasteiger partial charge in [0.25, 0.3) is 0 Å². The van der Waals surface area contributed by atoms with Crippen molar-refractivity contribution >= 4 is 0 Å². The van der Waals surface area contributed by atoms with E-state index in [1.54, 1.807) is 0 Å². The summed E-state index contributed by atoms with van der Waals surface area (Å²) >= 11 is 0. The predicted molar refractivity (Wildman–Crippen MR) is 66.8 cm³/mol. The van der Waals surface area contributed by atoms with E-state index in [9.17, 15) is 0 Å². The van der Waals surface area contributed by atoms with E-state index in [0.29, 0.717) is 12.0 Å². The Balaban J connectivity index is 2.07. The lowest BCUT2D eigenvalue weighted by atomic mass is 9.87. The summed E-state index contributed by atoms with van der Waals surface area (Å²) < 4.78 is 5.65. The molecule has 2 atom stereocenters. The summed E-state index contributed by atoms with van der Waals surface area (Å²) in [5, 5.41) is 0. The molecule has 0 aliphatic carbocycles. The highest BCUT2D eigenvalue weighted by Gasteiger charge is 2.22. The predicted octanol–water partition coefficient (Wildman–Crippen LogP) is 3.07. The Kier molecular flexibility index (Phi) is 3.83. The molecular weight excluding hydrogens is 198 g/mol. The fourth-order valence-electron chi connectivity index (χ4n) is 2.51. The summed E-state index contributed by atoms with van der Waals surface area (Å²) in [5.41, 5.74) is 7.48. The maximum atomic E-state index is 6.13. The number of rotatable bonds is 4. The van der Waals surface area contributed by atoms with Gasteiger partial charge >= 0.3 is 0 Å². The van der Waals surface area contributed by atoms with Crippen LogP contribution in [-0.2, 0) is 0 Å². The van der Waals surface area contributed by atoms with Gasteiger partial charge in [-0.25, -0.2) is 0 Å². The van der Waals surface area contributed by atoms with E-state index >= 15 is 0 Å². The van der Waals surface area contributed by atoms with E-state index in [2.05, 4.69) is 25.1 Å². The van der Waals surface area contributed by atoms with Crippen molar-refractivity contribution in [3.05, 3.63) is 29.8 Å². The first-order valence-corrected chi connectivity index (χ1v) is 6.28. The summed E-state index contributed by atoms with van der Waals surface area (Å²) in [6, 6.07) is 8.70. The van der Waals surface area contributed by atoms with Crippen LogP contribution in [0.25, 0.3) is 0 Å². The standard InChI is InChI=1S/C14H21NO/c1-2-5-12(15)10-11-8-9-16-14-7-4-3-6-13(11)14/h3-4,6-7,11-12H,2,5,8-10,15H2,1H3. The molecule has 0 fully saturated rings. The van der Waals surface area contributed by atoms with Crippen molar-refractivity contribution in [2.24, 2.45) is 5.73 Å². The first-order valence-electron chi connectivity index (χ1n) is 6.28. The van der Waals surface area contributed by atoms with Crippen molar-refractivity contribution < 1.29 is 4.74 Å². The molecule has 2 nitrogen and oxygen atoms in total. The molecule has 0 saturated carbocycles. The number of nitrogens with two attached hydrogens (primary N) is 1. The van der Waals surface area contributed by atoms with Gasteiger partial charge in [-0.15, -0.1) is 0 Å². The van der Waals surface area contributed by atoms with Crippen LogP contribution in [0, 0.1) is 0 Å². The summed E-state index contributed by atoms with van der Waals surface area (Å²) in [4.78, 5) is 0. The molecule has 0 saturated heterocycles. The van der Waals surface area contributed by atoms with Gasteiger partial charge in [-0.2, -0.15) is 0 Å². The molecule has 0 radical (unpaired) electrons. The van der Waals surface area contributed by atoms with Crippen molar-refractivity contribution in [1.29, 1.82) is 0 Å². The van der Waals surface area contributed by atoms with Crippen LogP contribution in [-0.4, -0.2) is 12.6 Å². The molecule has 1 aromatic carbocycles. The minimum absolute atomic E-state index is 0.334. The van der Waals surface area contributed by atoms with E-state index < -0.39 is 0 Å². The lowest BCUT2D eigenvalue weighted by molar-refractivity contribution is 0.258. The van der Waals surface area contributed by atoms with E-state index in [1.165, 1.54) is 12.0 Å². The lowest BCUT2D eigenvalue weighted by Gasteiger charge is -2.27. The Morgan fingerprint density at radius 3 is 3.06 bits per heavy atom. The first-order chi connectivity index (χ1) is 7.81. The summed E-state index contributed by atoms with van der Waals surface area (Å²) in [7, 11) is 0. The van der Waals surface area contributed by atoms with Crippen molar-refractivity contribution in [3.8, 4) is 5.75 Å². The zero-order chi connectivity index (χ0) is 11.4. The number of hydrogen-bond donors (Lipinski definition) is 1. The zero-order valence-electron chi connectivity index (χ0n) is 9.99. The van der Waals surface area contributed by atoms with Crippen LogP contribution in [0.15, 0.2) is 24.3 Å². The second-order valence-electron chi connectivity index (χ2n) is 4.66. The van der Waals surface area contributed by atoms with Gasteiger partial charge in [0.1, 0.15) is 5.75 Å². The number of para-hydroxylation sites is 1. The third-order valence-electron chi connectivity index (χ3n) is 3.33. The van der Waals surface area contributed by atoms with E-state index in [1.807, 2.05) is 6.07 Å². The monoisotopic (exact) mass is 219 g/mol. The molecule has 1 aliphatic rings. The van der Waals surface area contributed by atoms with Crippen LogP contribution in [0.1, 0.15) is 44.1 Å². The first kappa shape index (κ1) is 11.5. The maximum absolute atomic E-state index is 6.13. The highest BCUT2D eigenvalue weighted by molar-refractivity contribution is 5.37. The van der Waals surface area contributed by atoms with Crippen LogP contribution < -0.4 is 10.5 Å². The van der Waals surface area contributed by atoms with E-state index in [0.717, 1.165) is 31.6 Å². The van der Waals surface area contributed by atoms with Gasteiger partial charge in [-0.3, -0.25) is 0 Å². The molecule has 1 heterocycles. The second-order valence-corrected chi connectivity index (χ2v) is 4.66. The molecule has 0 bridgehead atoms. The Morgan fingerprint density at radius 1 is 1.44 bits per heavy atom. The highest BCUT2D eigenvalue weighted by Crippen LogP contribution is 2.36. The fraction of sp³-hybridized carbons (Fsp3) is 0.571. The molecule has 0 aromatic heterocycles. The van der Waals surface area contributed by atoms with Crippen molar-refractivity contribution in [3.63, 3.8) is 0 Å². The average molecular weight is 219 g/mol. The van der Waals surface area contributed by atoms with Gasteiger partial charge in [0, 0.05) is 6.04 Å². The second kappa shape index (κ2) is 5.35. The van der Waals surface area contributed by atoms with E-state index in [-0.39, 0.29) is 0 Å². The SMILES string of the molecule is CCCC(N)CC1CCOc2ccccc21. The van der Waals surface area contributed by atoms with Gasteiger partial charge < -0.3 is 10.5 Å². The number of hydrogen-bond acceptors (Lipinski definition) is 2. The largest absolute Gasteiger partial charge is 0.493 e. The average Bonchev–Trinajstić information content (AvgIpc) is 2.30. The van der Waals surface area contributed by atoms with Crippen LogP contribution >= 0.6 is 0 Å². The van der Waals surface area contributed by atoms with Crippen molar-refractivity contribution in [2.45, 2.75) is 44.6 Å². The molecule has 2 heteroatoms. The van der Waals surface area contributed by atoms with E-state index in [4.69, 9.17) is 10.5 Å². The van der Waals surface area contributed by atoms with Gasteiger partial charge in [0.2, 0.25) is 0 Å². The fourth-order valence-corrected chi connectivity index (χ4v) is 2.51. The molecule has 2 rings (SSSR count). The molecular formula is C14H21NO. The minimum Gasteiger partial charge on any atom is -0.493 e. The van der Waals surface area contributed by atoms with Gasteiger partial charge in [-0.05, 0) is 36.8 Å². The summed E-state index contributed by atoms with van der Waals surface area (Å²) in [5.74, 6) is 1.65. The summed E-state index contributed by atoms with van der Waals surface area (Å²) in [6.45, 7) is 3.03. The summed E-state index contributed by atoms with van der Waals surface area (Å²) in [6.07, 6.45) is 4.49. The van der Waals surface area contributed by atoms with Crippen molar-refractivity contribution in [1.82, 2.24) is 0 Å². The highest BCUT2D eigenvalue weighted by atomic mass is 16.5. The number of benzene rings is 1. The Bertz CT molecular complexity index is 337. The number of ether oxygens (including phenoxy) is 1. The number of fused-ring (bicyclic) bond motifs is 1. The van der Waals surface area contributed by atoms with Crippen LogP contribution in [0.3, 0.4) is 0 Å². The minimum atomic E-state index is 0.334. The molecule has 1 aliphatic heterocycles. The zero-order valence-corrected chi connectivity index (χ0v) is 9.99. The quantitative estimate of drug-likeness (QED) is 0.844. The molecule has 2 N–H and O–H groups in total. The molecule has 0 amide bonds. The third-order valence-corrected chi connectivity index (χ3v) is 3.33. The van der Waals surface area contributed by atoms with Gasteiger partial charge in [-0.1, -0.05) is 31.5 Å². The molecule has 88 valence electrons. The molecule has 2 unspecified atom stereocenters. The Hall–Kier alpha value is -1.02. The molecule has 0 spiro atoms. The van der Waals surface area contributed by atoms with Gasteiger partial charge in [0.05, 0.1) is 6.61 Å². The third kappa shape index (κ3) is 2.56. The topological polar surface area (TPSA) is 35.2 Å². The smallest absolute Gasteiger partial charge is 0.122 e.